The highest BCUT2D eigenvalue weighted by atomic mass is 35.5. The molecule has 0 aromatic carbocycles. The van der Waals surface area contributed by atoms with Crippen LogP contribution in [0.1, 0.15) is 138 Å². The van der Waals surface area contributed by atoms with Crippen LogP contribution in [0.25, 0.3) is 0 Å². The zero-order valence-corrected chi connectivity index (χ0v) is 36.6. The van der Waals surface area contributed by atoms with Crippen molar-refractivity contribution in [1.82, 2.24) is 0 Å². The molecule has 0 saturated carbocycles. The van der Waals surface area contributed by atoms with Gasteiger partial charge in [0.1, 0.15) is 4.33 Å². The molecule has 0 aromatic rings. The largest absolute Gasteiger partial charge is 0.414 e. The number of rotatable bonds is 24. The second-order valence-corrected chi connectivity index (χ2v) is 29.5. The van der Waals surface area contributed by atoms with Crippen LogP contribution in [0, 0.1) is 0 Å². The average Bonchev–Trinajstić information content (AvgIpc) is 2.88. The lowest BCUT2D eigenvalue weighted by atomic mass is 10.00. The molecule has 0 aliphatic rings. The smallest absolute Gasteiger partial charge is 0.192 e. The Morgan fingerprint density at radius 3 is 1.61 bits per heavy atom. The average molecular weight is 778 g/mol. The van der Waals surface area contributed by atoms with Gasteiger partial charge in [0.05, 0.1) is 28.8 Å². The maximum atomic E-state index is 7.07. The first-order valence-electron chi connectivity index (χ1n) is 17.2. The van der Waals surface area contributed by atoms with E-state index in [0.29, 0.717) is 13.0 Å². The van der Waals surface area contributed by atoms with E-state index in [9.17, 15) is 0 Å². The molecule has 44 heavy (non-hydrogen) atoms. The molecular weight excluding hydrogens is 709 g/mol. The molecule has 0 spiro atoms. The molecule has 10 heteroatoms. The van der Waals surface area contributed by atoms with E-state index >= 15 is 0 Å². The zero-order valence-electron chi connectivity index (χ0n) is 30.1. The fourth-order valence-corrected chi connectivity index (χ4v) is 9.22. The van der Waals surface area contributed by atoms with Crippen LogP contribution in [-0.2, 0) is 8.85 Å². The fraction of sp³-hybridized carbons (Fsp3) is 1.00. The SMILES string of the molecule is CCCCCC[C@@H](Cl)[C@@H](Cl)[C@@H](O[Si](C)(C)C(C)(C)C)[C@H](Cl)C[C@@H](Cl)CCCCCCCCC(Cl)(Cl)CO[Si](C)(C)C(C)(C)C. The zero-order chi connectivity index (χ0) is 34.4. The summed E-state index contributed by atoms with van der Waals surface area (Å²) in [5.74, 6) is 0. The lowest BCUT2D eigenvalue weighted by Crippen LogP contribution is -2.51. The van der Waals surface area contributed by atoms with Gasteiger partial charge in [-0.05, 0) is 61.9 Å². The van der Waals surface area contributed by atoms with Gasteiger partial charge in [0, 0.05) is 5.38 Å². The van der Waals surface area contributed by atoms with Crippen molar-refractivity contribution in [3.05, 3.63) is 0 Å². The van der Waals surface area contributed by atoms with Crippen molar-refractivity contribution in [2.75, 3.05) is 6.61 Å². The highest BCUT2D eigenvalue weighted by Crippen LogP contribution is 2.41. The van der Waals surface area contributed by atoms with Crippen molar-refractivity contribution in [3.63, 3.8) is 0 Å². The van der Waals surface area contributed by atoms with E-state index in [-0.39, 0.29) is 37.7 Å². The summed E-state index contributed by atoms with van der Waals surface area (Å²) in [6.07, 6.45) is 14.3. The van der Waals surface area contributed by atoms with Crippen LogP contribution in [0.15, 0.2) is 0 Å². The van der Waals surface area contributed by atoms with Gasteiger partial charge in [0.25, 0.3) is 0 Å². The monoisotopic (exact) mass is 774 g/mol. The van der Waals surface area contributed by atoms with Gasteiger partial charge in [-0.25, -0.2) is 0 Å². The Hall–Kier alpha value is 2.09. The summed E-state index contributed by atoms with van der Waals surface area (Å²) in [5.41, 5.74) is 0. The second kappa shape index (κ2) is 21.3. The van der Waals surface area contributed by atoms with Crippen LogP contribution in [0.5, 0.6) is 0 Å². The van der Waals surface area contributed by atoms with E-state index in [4.69, 9.17) is 78.5 Å². The first-order chi connectivity index (χ1) is 20.0. The van der Waals surface area contributed by atoms with Crippen molar-refractivity contribution in [2.24, 2.45) is 0 Å². The van der Waals surface area contributed by atoms with Crippen molar-refractivity contribution >= 4 is 86.2 Å². The minimum atomic E-state index is -2.11. The first kappa shape index (κ1) is 46.1. The third-order valence-corrected chi connectivity index (χ3v) is 21.4. The van der Waals surface area contributed by atoms with Crippen LogP contribution in [0.4, 0.5) is 0 Å². The molecule has 0 unspecified atom stereocenters. The standard InChI is InChI=1S/C34H68Cl6O2Si2/c1-12-13-14-20-23-28(36)30(38)31(42-44(10,11)33(5,6)7)29(37)25-27(35)22-19-17-15-16-18-21-24-34(39,40)26-41-43(8,9)32(2,3)4/h27-31H,12-26H2,1-11H3/t27-,28+,29+,30+,31-/m0/s1. The summed E-state index contributed by atoms with van der Waals surface area (Å²) in [6, 6.07) is 0. The van der Waals surface area contributed by atoms with E-state index < -0.39 is 21.0 Å². The van der Waals surface area contributed by atoms with Crippen molar-refractivity contribution in [2.45, 2.75) is 207 Å². The maximum Gasteiger partial charge on any atom is 0.192 e. The normalized spacial score (nSPS) is 17.4. The van der Waals surface area contributed by atoms with Crippen LogP contribution in [0.2, 0.25) is 36.3 Å². The van der Waals surface area contributed by atoms with Gasteiger partial charge in [-0.3, -0.25) is 0 Å². The Kier molecular flexibility index (Phi) is 22.4. The summed E-state index contributed by atoms with van der Waals surface area (Å²) < 4.78 is 12.3. The highest BCUT2D eigenvalue weighted by molar-refractivity contribution is 6.74. The fourth-order valence-electron chi connectivity index (χ4n) is 4.51. The minimum Gasteiger partial charge on any atom is -0.414 e. The Labute approximate surface area is 306 Å². The lowest BCUT2D eigenvalue weighted by Gasteiger charge is -2.42. The van der Waals surface area contributed by atoms with Gasteiger partial charge in [-0.1, -0.05) is 136 Å². The van der Waals surface area contributed by atoms with Gasteiger partial charge < -0.3 is 8.85 Å². The Balaban J connectivity index is 4.67. The molecule has 0 amide bonds. The molecule has 0 radical (unpaired) electrons. The number of hydrogen-bond donors (Lipinski definition) is 0. The van der Waals surface area contributed by atoms with E-state index in [2.05, 4.69) is 74.7 Å². The van der Waals surface area contributed by atoms with E-state index in [0.717, 1.165) is 51.4 Å². The van der Waals surface area contributed by atoms with E-state index in [1.54, 1.807) is 0 Å². The molecule has 0 aromatic heterocycles. The predicted molar refractivity (Wildman–Crippen MR) is 209 cm³/mol. The third-order valence-electron chi connectivity index (χ3n) is 9.83. The third kappa shape index (κ3) is 18.7. The molecule has 0 saturated heterocycles. The Bertz CT molecular complexity index is 755. The Morgan fingerprint density at radius 1 is 0.614 bits per heavy atom. The molecular formula is C34H68Cl6O2Si2. The molecule has 0 rings (SSSR count). The van der Waals surface area contributed by atoms with Gasteiger partial charge in [0.15, 0.2) is 16.6 Å². The van der Waals surface area contributed by atoms with Gasteiger partial charge in [-0.15, -0.1) is 46.4 Å². The Morgan fingerprint density at radius 2 is 1.09 bits per heavy atom. The summed E-state index contributed by atoms with van der Waals surface area (Å²) >= 11 is 41.0. The van der Waals surface area contributed by atoms with Gasteiger partial charge >= 0.3 is 0 Å². The number of unbranched alkanes of at least 4 members (excludes halogenated alkanes) is 8. The topological polar surface area (TPSA) is 18.5 Å². The van der Waals surface area contributed by atoms with E-state index in [1.807, 2.05) is 0 Å². The highest BCUT2D eigenvalue weighted by Gasteiger charge is 2.44. The van der Waals surface area contributed by atoms with Crippen LogP contribution < -0.4 is 0 Å². The maximum absolute atomic E-state index is 7.07. The van der Waals surface area contributed by atoms with Crippen molar-refractivity contribution in [3.8, 4) is 0 Å². The quantitative estimate of drug-likeness (QED) is 0.0552. The molecule has 2 nitrogen and oxygen atoms in total. The first-order valence-corrected chi connectivity index (χ1v) is 25.5. The molecule has 0 heterocycles. The lowest BCUT2D eigenvalue weighted by molar-refractivity contribution is 0.162. The molecule has 0 aliphatic carbocycles. The number of halogens is 6. The van der Waals surface area contributed by atoms with Crippen molar-refractivity contribution < 1.29 is 8.85 Å². The minimum absolute atomic E-state index is 0.0146. The van der Waals surface area contributed by atoms with E-state index in [1.165, 1.54) is 32.1 Å². The summed E-state index contributed by atoms with van der Waals surface area (Å²) in [4.78, 5) is 0. The number of alkyl halides is 6. The van der Waals surface area contributed by atoms with Crippen LogP contribution >= 0.6 is 69.6 Å². The predicted octanol–water partition coefficient (Wildman–Crippen LogP) is 14.5. The molecule has 0 fully saturated rings. The van der Waals surface area contributed by atoms with Crippen molar-refractivity contribution in [1.29, 1.82) is 0 Å². The number of hydrogen-bond acceptors (Lipinski definition) is 2. The van der Waals surface area contributed by atoms with Crippen LogP contribution in [-0.4, -0.2) is 55.2 Å². The molecule has 266 valence electrons. The second-order valence-electron chi connectivity index (χ2n) is 16.1. The molecule has 5 atom stereocenters. The molecule has 0 N–H and O–H groups in total. The van der Waals surface area contributed by atoms with Gasteiger partial charge in [0.2, 0.25) is 0 Å². The van der Waals surface area contributed by atoms with Crippen LogP contribution in [0.3, 0.4) is 0 Å². The molecule has 0 aliphatic heterocycles. The van der Waals surface area contributed by atoms with Gasteiger partial charge in [-0.2, -0.15) is 0 Å². The summed E-state index contributed by atoms with van der Waals surface area (Å²) in [7, 11) is -3.96. The summed E-state index contributed by atoms with van der Waals surface area (Å²) in [5, 5.41) is -0.619. The molecule has 0 bridgehead atoms. The summed E-state index contributed by atoms with van der Waals surface area (Å²) in [6.45, 7) is 25.0.